The molecule has 0 bridgehead atoms. The van der Waals surface area contributed by atoms with Gasteiger partial charge in [0.05, 0.1) is 13.7 Å². The molecule has 1 N–H and O–H groups in total. The second-order valence-corrected chi connectivity index (χ2v) is 7.28. The normalized spacial score (nSPS) is 21.4. The lowest BCUT2D eigenvalue weighted by Gasteiger charge is -2.45. The van der Waals surface area contributed by atoms with Gasteiger partial charge in [0.15, 0.2) is 0 Å². The maximum atomic E-state index is 12.9. The van der Waals surface area contributed by atoms with Crippen molar-refractivity contribution in [3.8, 4) is 5.75 Å². The van der Waals surface area contributed by atoms with Crippen molar-refractivity contribution >= 4 is 17.7 Å². The van der Waals surface area contributed by atoms with E-state index in [0.717, 1.165) is 5.56 Å². The van der Waals surface area contributed by atoms with Crippen LogP contribution in [0, 0.1) is 0 Å². The quantitative estimate of drug-likeness (QED) is 0.844. The van der Waals surface area contributed by atoms with Gasteiger partial charge >= 0.3 is 0 Å². The lowest BCUT2D eigenvalue weighted by Crippen LogP contribution is -2.70. The van der Waals surface area contributed by atoms with E-state index in [4.69, 9.17) is 4.74 Å². The van der Waals surface area contributed by atoms with E-state index >= 15 is 0 Å². The zero-order valence-corrected chi connectivity index (χ0v) is 16.2. The monoisotopic (exact) mass is 393 g/mol. The molecule has 7 nitrogen and oxygen atoms in total. The summed E-state index contributed by atoms with van der Waals surface area (Å²) in [6, 6.07) is 15.3. The summed E-state index contributed by atoms with van der Waals surface area (Å²) in [6.07, 6.45) is 0.461. The van der Waals surface area contributed by atoms with Gasteiger partial charge in [0.1, 0.15) is 17.8 Å². The first kappa shape index (κ1) is 19.0. The smallest absolute Gasteiger partial charge is 0.254 e. The Morgan fingerprint density at radius 1 is 1.07 bits per heavy atom. The molecule has 0 spiro atoms. The van der Waals surface area contributed by atoms with Gasteiger partial charge in [-0.05, 0) is 29.8 Å². The number of hydrogen-bond acceptors (Lipinski definition) is 4. The fourth-order valence-electron chi connectivity index (χ4n) is 3.89. The number of carbonyl (C=O) groups is 3. The van der Waals surface area contributed by atoms with Gasteiger partial charge in [0, 0.05) is 25.1 Å². The van der Waals surface area contributed by atoms with Crippen molar-refractivity contribution in [3.63, 3.8) is 0 Å². The number of benzene rings is 2. The fraction of sp³-hybridized carbons (Fsp3) is 0.318. The molecule has 0 aliphatic carbocycles. The van der Waals surface area contributed by atoms with E-state index in [0.29, 0.717) is 30.8 Å². The molecule has 7 heteroatoms. The van der Waals surface area contributed by atoms with Gasteiger partial charge in [0.2, 0.25) is 11.8 Å². The molecule has 29 heavy (non-hydrogen) atoms. The van der Waals surface area contributed by atoms with Crippen LogP contribution in [0.3, 0.4) is 0 Å². The summed E-state index contributed by atoms with van der Waals surface area (Å²) in [6.45, 7) is 0.947. The molecule has 0 aromatic heterocycles. The van der Waals surface area contributed by atoms with Crippen LogP contribution in [0.1, 0.15) is 15.9 Å². The predicted molar refractivity (Wildman–Crippen MR) is 106 cm³/mol. The van der Waals surface area contributed by atoms with Gasteiger partial charge in [-0.1, -0.05) is 30.3 Å². The lowest BCUT2D eigenvalue weighted by atomic mass is 9.98. The molecule has 0 radical (unpaired) electrons. The highest BCUT2D eigenvalue weighted by Crippen LogP contribution is 2.20. The summed E-state index contributed by atoms with van der Waals surface area (Å²) in [5.74, 6) is 0.222. The fourth-order valence-corrected chi connectivity index (χ4v) is 3.89. The number of fused-ring (bicyclic) bond motifs is 1. The Bertz CT molecular complexity index is 913. The molecule has 4 rings (SSSR count). The third-order valence-corrected chi connectivity index (χ3v) is 5.49. The van der Waals surface area contributed by atoms with E-state index in [1.165, 1.54) is 0 Å². The van der Waals surface area contributed by atoms with Crippen LogP contribution in [0.15, 0.2) is 54.6 Å². The summed E-state index contributed by atoms with van der Waals surface area (Å²) in [7, 11) is 1.57. The van der Waals surface area contributed by atoms with Crippen molar-refractivity contribution < 1.29 is 19.1 Å². The number of nitrogens with zero attached hydrogens (tertiary/aromatic N) is 2. The molecule has 2 aromatic carbocycles. The third-order valence-electron chi connectivity index (χ3n) is 5.49. The molecule has 0 unspecified atom stereocenters. The minimum Gasteiger partial charge on any atom is -0.497 e. The Balaban J connectivity index is 1.44. The SMILES string of the molecule is COc1ccc(C(=O)N2CCN3C(=O)[C@@H](Cc4ccccc4)NC(=O)[C@H]3C2)cc1. The highest BCUT2D eigenvalue weighted by Gasteiger charge is 2.44. The van der Waals surface area contributed by atoms with E-state index in [1.807, 2.05) is 30.3 Å². The van der Waals surface area contributed by atoms with Crippen molar-refractivity contribution in [2.24, 2.45) is 0 Å². The lowest BCUT2D eigenvalue weighted by molar-refractivity contribution is -0.152. The molecule has 0 saturated carbocycles. The molecular formula is C22H23N3O4. The Morgan fingerprint density at radius 2 is 1.79 bits per heavy atom. The molecule has 3 amide bonds. The van der Waals surface area contributed by atoms with Crippen LogP contribution >= 0.6 is 0 Å². The number of ether oxygens (including phenoxy) is 1. The van der Waals surface area contributed by atoms with Gasteiger partial charge in [-0.15, -0.1) is 0 Å². The summed E-state index contributed by atoms with van der Waals surface area (Å²) in [5.41, 5.74) is 1.53. The molecular weight excluding hydrogens is 370 g/mol. The van der Waals surface area contributed by atoms with Crippen LogP contribution in [0.5, 0.6) is 5.75 Å². The van der Waals surface area contributed by atoms with Crippen LogP contribution in [0.25, 0.3) is 0 Å². The van der Waals surface area contributed by atoms with Crippen LogP contribution in [0.4, 0.5) is 0 Å². The number of hydrogen-bond donors (Lipinski definition) is 1. The van der Waals surface area contributed by atoms with Gasteiger partial charge in [-0.3, -0.25) is 14.4 Å². The second-order valence-electron chi connectivity index (χ2n) is 7.28. The molecule has 2 atom stereocenters. The number of piperazine rings is 2. The topological polar surface area (TPSA) is 79.0 Å². The highest BCUT2D eigenvalue weighted by molar-refractivity contribution is 5.99. The van der Waals surface area contributed by atoms with E-state index < -0.39 is 12.1 Å². The average Bonchev–Trinajstić information content (AvgIpc) is 2.77. The van der Waals surface area contributed by atoms with Gasteiger partial charge < -0.3 is 19.9 Å². The van der Waals surface area contributed by atoms with Crippen LogP contribution in [-0.2, 0) is 16.0 Å². The maximum absolute atomic E-state index is 12.9. The molecule has 2 aliphatic rings. The number of methoxy groups -OCH3 is 1. The zero-order chi connectivity index (χ0) is 20.4. The summed E-state index contributed by atoms with van der Waals surface area (Å²) in [4.78, 5) is 41.7. The zero-order valence-electron chi connectivity index (χ0n) is 16.2. The first-order chi connectivity index (χ1) is 14.1. The van der Waals surface area contributed by atoms with Crippen molar-refractivity contribution in [2.45, 2.75) is 18.5 Å². The molecule has 2 heterocycles. The Hall–Kier alpha value is -3.35. The number of nitrogens with one attached hydrogen (secondary N) is 1. The number of amides is 3. The summed E-state index contributed by atoms with van der Waals surface area (Å²) < 4.78 is 5.12. The van der Waals surface area contributed by atoms with E-state index in [2.05, 4.69) is 5.32 Å². The van der Waals surface area contributed by atoms with Crippen LogP contribution in [0.2, 0.25) is 0 Å². The van der Waals surface area contributed by atoms with Crippen molar-refractivity contribution in [3.05, 3.63) is 65.7 Å². The molecule has 2 fully saturated rings. The van der Waals surface area contributed by atoms with Crippen molar-refractivity contribution in [1.82, 2.24) is 15.1 Å². The van der Waals surface area contributed by atoms with Crippen molar-refractivity contribution in [1.29, 1.82) is 0 Å². The second kappa shape index (κ2) is 7.95. The Labute approximate surface area is 169 Å². The van der Waals surface area contributed by atoms with Gasteiger partial charge in [-0.25, -0.2) is 0 Å². The highest BCUT2D eigenvalue weighted by atomic mass is 16.5. The average molecular weight is 393 g/mol. The van der Waals surface area contributed by atoms with Crippen LogP contribution in [-0.4, -0.2) is 66.3 Å². The van der Waals surface area contributed by atoms with Crippen molar-refractivity contribution in [2.75, 3.05) is 26.7 Å². The van der Waals surface area contributed by atoms with E-state index in [1.54, 1.807) is 41.2 Å². The number of rotatable bonds is 4. The molecule has 2 aromatic rings. The Morgan fingerprint density at radius 3 is 2.48 bits per heavy atom. The molecule has 150 valence electrons. The predicted octanol–water partition coefficient (Wildman–Crippen LogP) is 1.09. The Kier molecular flexibility index (Phi) is 5.20. The standard InChI is InChI=1S/C22H23N3O4/c1-29-17-9-7-16(8-10-17)21(27)24-11-12-25-19(14-24)20(26)23-18(22(25)28)13-15-5-3-2-4-6-15/h2-10,18-19H,11-14H2,1H3,(H,23,26)/t18-,19-/m1/s1. The summed E-state index contributed by atoms with van der Waals surface area (Å²) >= 11 is 0. The van der Waals surface area contributed by atoms with E-state index in [9.17, 15) is 14.4 Å². The first-order valence-corrected chi connectivity index (χ1v) is 9.65. The minimum atomic E-state index is -0.648. The van der Waals surface area contributed by atoms with Gasteiger partial charge in [0.25, 0.3) is 5.91 Å². The van der Waals surface area contributed by atoms with E-state index in [-0.39, 0.29) is 24.3 Å². The van der Waals surface area contributed by atoms with Crippen LogP contribution < -0.4 is 10.1 Å². The third kappa shape index (κ3) is 3.81. The first-order valence-electron chi connectivity index (χ1n) is 9.65. The summed E-state index contributed by atoms with van der Waals surface area (Å²) in [5, 5.41) is 2.84. The largest absolute Gasteiger partial charge is 0.497 e. The molecule has 2 saturated heterocycles. The number of carbonyl (C=O) groups excluding carboxylic acids is 3. The molecule has 2 aliphatic heterocycles. The minimum absolute atomic E-state index is 0.0880. The maximum Gasteiger partial charge on any atom is 0.254 e. The van der Waals surface area contributed by atoms with Gasteiger partial charge in [-0.2, -0.15) is 0 Å².